The van der Waals surface area contributed by atoms with Gasteiger partial charge < -0.3 is 15.2 Å². The molecule has 1 atom stereocenters. The Morgan fingerprint density at radius 3 is 2.90 bits per heavy atom. The lowest BCUT2D eigenvalue weighted by Crippen LogP contribution is -2.37. The SMILES string of the molecule is CCC1(CNCC(O)COCc2cccs2)CCCC1. The summed E-state index contributed by atoms with van der Waals surface area (Å²) in [7, 11) is 0. The molecule has 1 unspecified atom stereocenters. The third-order valence-corrected chi connectivity index (χ3v) is 5.28. The Kier molecular flexibility index (Phi) is 6.49. The lowest BCUT2D eigenvalue weighted by Gasteiger charge is -2.28. The molecule has 1 heterocycles. The Morgan fingerprint density at radius 2 is 2.25 bits per heavy atom. The molecule has 0 spiro atoms. The van der Waals surface area contributed by atoms with Gasteiger partial charge in [-0.1, -0.05) is 25.8 Å². The smallest absolute Gasteiger partial charge is 0.0897 e. The fourth-order valence-electron chi connectivity index (χ4n) is 3.03. The van der Waals surface area contributed by atoms with E-state index in [2.05, 4.69) is 18.3 Å². The number of hydrogen-bond donors (Lipinski definition) is 2. The van der Waals surface area contributed by atoms with Gasteiger partial charge in [0, 0.05) is 18.0 Å². The van der Waals surface area contributed by atoms with Crippen molar-refractivity contribution in [3.63, 3.8) is 0 Å². The number of thiophene rings is 1. The van der Waals surface area contributed by atoms with E-state index in [0.717, 1.165) is 6.54 Å². The minimum absolute atomic E-state index is 0.407. The summed E-state index contributed by atoms with van der Waals surface area (Å²) in [5, 5.41) is 15.4. The van der Waals surface area contributed by atoms with Gasteiger partial charge in [-0.15, -0.1) is 11.3 Å². The topological polar surface area (TPSA) is 41.5 Å². The predicted octanol–water partition coefficient (Wildman–Crippen LogP) is 3.19. The van der Waals surface area contributed by atoms with E-state index in [4.69, 9.17) is 4.74 Å². The third kappa shape index (κ3) is 4.85. The molecule has 0 saturated heterocycles. The van der Waals surface area contributed by atoms with Gasteiger partial charge in [0.05, 0.1) is 19.3 Å². The molecule has 4 heteroatoms. The maximum absolute atomic E-state index is 9.92. The molecule has 0 amide bonds. The highest BCUT2D eigenvalue weighted by Gasteiger charge is 2.31. The molecular formula is C16H27NO2S. The Bertz CT molecular complexity index is 361. The summed E-state index contributed by atoms with van der Waals surface area (Å²) in [4.78, 5) is 1.21. The van der Waals surface area contributed by atoms with Crippen molar-refractivity contribution in [2.75, 3.05) is 19.7 Å². The second kappa shape index (κ2) is 8.13. The van der Waals surface area contributed by atoms with Crippen LogP contribution in [0.15, 0.2) is 17.5 Å². The lowest BCUT2D eigenvalue weighted by atomic mass is 9.83. The van der Waals surface area contributed by atoms with Gasteiger partial charge in [0.2, 0.25) is 0 Å². The van der Waals surface area contributed by atoms with Crippen LogP contribution in [0.2, 0.25) is 0 Å². The van der Waals surface area contributed by atoms with Crippen LogP contribution in [-0.4, -0.2) is 30.9 Å². The van der Waals surface area contributed by atoms with Crippen molar-refractivity contribution in [3.05, 3.63) is 22.4 Å². The van der Waals surface area contributed by atoms with E-state index in [9.17, 15) is 5.11 Å². The van der Waals surface area contributed by atoms with Crippen molar-refractivity contribution < 1.29 is 9.84 Å². The molecule has 1 aromatic heterocycles. The Balaban J connectivity index is 1.56. The molecule has 0 bridgehead atoms. The van der Waals surface area contributed by atoms with E-state index in [0.29, 0.717) is 25.2 Å². The molecule has 114 valence electrons. The minimum atomic E-state index is -0.412. The number of aliphatic hydroxyl groups excluding tert-OH is 1. The zero-order valence-electron chi connectivity index (χ0n) is 12.4. The summed E-state index contributed by atoms with van der Waals surface area (Å²) < 4.78 is 5.53. The van der Waals surface area contributed by atoms with E-state index < -0.39 is 6.10 Å². The maximum Gasteiger partial charge on any atom is 0.0897 e. The van der Waals surface area contributed by atoms with Gasteiger partial charge >= 0.3 is 0 Å². The van der Waals surface area contributed by atoms with Crippen molar-refractivity contribution in [2.45, 2.75) is 51.7 Å². The standard InChI is InChI=1S/C16H27NO2S/c1-2-16(7-3-4-8-16)13-17-10-14(18)11-19-12-15-6-5-9-20-15/h5-6,9,14,17-18H,2-4,7-8,10-13H2,1H3. The number of hydrogen-bond acceptors (Lipinski definition) is 4. The summed E-state index contributed by atoms with van der Waals surface area (Å²) in [6.07, 6.45) is 6.23. The van der Waals surface area contributed by atoms with Gasteiger partial charge in [0.25, 0.3) is 0 Å². The molecule has 0 aromatic carbocycles. The highest BCUT2D eigenvalue weighted by molar-refractivity contribution is 7.09. The van der Waals surface area contributed by atoms with Crippen molar-refractivity contribution in [2.24, 2.45) is 5.41 Å². The molecule has 3 nitrogen and oxygen atoms in total. The van der Waals surface area contributed by atoms with E-state index in [-0.39, 0.29) is 0 Å². The molecule has 1 aliphatic rings. The van der Waals surface area contributed by atoms with E-state index in [1.54, 1.807) is 11.3 Å². The summed E-state index contributed by atoms with van der Waals surface area (Å²) in [5.74, 6) is 0. The van der Waals surface area contributed by atoms with Crippen LogP contribution in [0, 0.1) is 5.41 Å². The summed E-state index contributed by atoms with van der Waals surface area (Å²) in [6, 6.07) is 4.08. The van der Waals surface area contributed by atoms with Gasteiger partial charge in [-0.05, 0) is 36.1 Å². The average Bonchev–Trinajstić information content (AvgIpc) is 3.10. The van der Waals surface area contributed by atoms with Crippen LogP contribution in [0.4, 0.5) is 0 Å². The molecule has 1 saturated carbocycles. The molecule has 0 radical (unpaired) electrons. The fraction of sp³-hybridized carbons (Fsp3) is 0.750. The number of nitrogens with one attached hydrogen (secondary N) is 1. The maximum atomic E-state index is 9.92. The largest absolute Gasteiger partial charge is 0.389 e. The number of rotatable bonds is 9. The molecule has 1 fully saturated rings. The van der Waals surface area contributed by atoms with Crippen molar-refractivity contribution in [1.29, 1.82) is 0 Å². The van der Waals surface area contributed by atoms with Crippen LogP contribution in [0.3, 0.4) is 0 Å². The quantitative estimate of drug-likeness (QED) is 0.735. The molecule has 0 aliphatic heterocycles. The molecule has 20 heavy (non-hydrogen) atoms. The zero-order chi connectivity index (χ0) is 14.3. The van der Waals surface area contributed by atoms with Crippen molar-refractivity contribution in [3.8, 4) is 0 Å². The van der Waals surface area contributed by atoms with Crippen molar-refractivity contribution >= 4 is 11.3 Å². The van der Waals surface area contributed by atoms with Crippen LogP contribution >= 0.6 is 11.3 Å². The van der Waals surface area contributed by atoms with Gasteiger partial charge in [0.15, 0.2) is 0 Å². The highest BCUT2D eigenvalue weighted by Crippen LogP contribution is 2.40. The van der Waals surface area contributed by atoms with Gasteiger partial charge in [-0.3, -0.25) is 0 Å². The normalized spacial score (nSPS) is 19.3. The monoisotopic (exact) mass is 297 g/mol. The molecule has 2 rings (SSSR count). The molecular weight excluding hydrogens is 270 g/mol. The van der Waals surface area contributed by atoms with Crippen LogP contribution < -0.4 is 5.32 Å². The fourth-order valence-corrected chi connectivity index (χ4v) is 3.67. The summed E-state index contributed by atoms with van der Waals surface area (Å²) >= 11 is 1.69. The first kappa shape index (κ1) is 16.0. The van der Waals surface area contributed by atoms with E-state index in [1.165, 1.54) is 37.0 Å². The van der Waals surface area contributed by atoms with E-state index in [1.807, 2.05) is 11.4 Å². The second-order valence-corrected chi connectivity index (χ2v) is 6.97. The second-order valence-electron chi connectivity index (χ2n) is 5.94. The predicted molar refractivity (Wildman–Crippen MR) is 84.0 cm³/mol. The Hall–Kier alpha value is -0.420. The van der Waals surface area contributed by atoms with Crippen LogP contribution in [0.5, 0.6) is 0 Å². The lowest BCUT2D eigenvalue weighted by molar-refractivity contribution is 0.0284. The van der Waals surface area contributed by atoms with Gasteiger partial charge in [0.1, 0.15) is 0 Å². The molecule has 2 N–H and O–H groups in total. The van der Waals surface area contributed by atoms with Gasteiger partial charge in [-0.2, -0.15) is 0 Å². The first-order valence-corrected chi connectivity index (χ1v) is 8.61. The van der Waals surface area contributed by atoms with E-state index >= 15 is 0 Å². The minimum Gasteiger partial charge on any atom is -0.389 e. The first-order chi connectivity index (χ1) is 9.74. The highest BCUT2D eigenvalue weighted by atomic mass is 32.1. The molecule has 1 aliphatic carbocycles. The Morgan fingerprint density at radius 1 is 1.45 bits per heavy atom. The summed E-state index contributed by atoms with van der Waals surface area (Å²) in [6.45, 7) is 4.96. The van der Waals surface area contributed by atoms with Crippen LogP contribution in [0.1, 0.15) is 43.9 Å². The summed E-state index contributed by atoms with van der Waals surface area (Å²) in [5.41, 5.74) is 0.484. The third-order valence-electron chi connectivity index (χ3n) is 4.43. The van der Waals surface area contributed by atoms with Crippen molar-refractivity contribution in [1.82, 2.24) is 5.32 Å². The number of aliphatic hydroxyl groups is 1. The van der Waals surface area contributed by atoms with Crippen LogP contribution in [0.25, 0.3) is 0 Å². The molecule has 1 aromatic rings. The number of ether oxygens (including phenoxy) is 1. The zero-order valence-corrected chi connectivity index (χ0v) is 13.3. The van der Waals surface area contributed by atoms with Gasteiger partial charge in [-0.25, -0.2) is 0 Å². The van der Waals surface area contributed by atoms with Crippen LogP contribution in [-0.2, 0) is 11.3 Å². The average molecular weight is 297 g/mol. The first-order valence-electron chi connectivity index (χ1n) is 7.73. The Labute approximate surface area is 126 Å².